The highest BCUT2D eigenvalue weighted by molar-refractivity contribution is 6.61. The van der Waals surface area contributed by atoms with Crippen molar-refractivity contribution in [3.63, 3.8) is 0 Å². The van der Waals surface area contributed by atoms with Gasteiger partial charge >= 0.3 is 13.1 Å². The maximum atomic E-state index is 11.9. The Morgan fingerprint density at radius 1 is 1.32 bits per heavy atom. The standard InChI is InChI=1S/C18H28BN3O6/c1-17(2)18(3,4)28-19(27-17)13-7-20-16(21-8-13)26-11-12-5-6-22(9-12)15(25)14(24)10-23/h7-8,12,14,23-24H,5-6,9-11H2,1-4H3/t12-,14+/m1/s1. The molecule has 0 aliphatic carbocycles. The normalized spacial score (nSPS) is 24.4. The molecule has 2 N–H and O–H groups in total. The Labute approximate surface area is 165 Å². The van der Waals surface area contributed by atoms with Gasteiger partial charge in [0.15, 0.2) is 6.10 Å². The van der Waals surface area contributed by atoms with E-state index in [1.807, 2.05) is 27.7 Å². The van der Waals surface area contributed by atoms with Crippen molar-refractivity contribution in [2.24, 2.45) is 5.92 Å². The van der Waals surface area contributed by atoms with Crippen molar-refractivity contribution in [2.45, 2.75) is 51.4 Å². The Bertz CT molecular complexity index is 683. The van der Waals surface area contributed by atoms with E-state index in [4.69, 9.17) is 19.2 Å². The first-order valence-electron chi connectivity index (χ1n) is 9.51. The first-order chi connectivity index (χ1) is 13.1. The van der Waals surface area contributed by atoms with Crippen LogP contribution in [0.5, 0.6) is 6.01 Å². The van der Waals surface area contributed by atoms with Crippen LogP contribution in [0.25, 0.3) is 0 Å². The fourth-order valence-corrected chi connectivity index (χ4v) is 3.15. The van der Waals surface area contributed by atoms with Crippen molar-refractivity contribution < 1.29 is 29.1 Å². The van der Waals surface area contributed by atoms with E-state index in [0.717, 1.165) is 11.9 Å². The van der Waals surface area contributed by atoms with E-state index in [1.54, 1.807) is 12.4 Å². The molecule has 0 bridgehead atoms. The largest absolute Gasteiger partial charge is 0.498 e. The lowest BCUT2D eigenvalue weighted by molar-refractivity contribution is -0.141. The van der Waals surface area contributed by atoms with Gasteiger partial charge in [0, 0.05) is 36.9 Å². The lowest BCUT2D eigenvalue weighted by atomic mass is 9.81. The minimum absolute atomic E-state index is 0.126. The Hall–Kier alpha value is -1.75. The van der Waals surface area contributed by atoms with Gasteiger partial charge in [-0.25, -0.2) is 9.97 Å². The maximum absolute atomic E-state index is 11.9. The Morgan fingerprint density at radius 2 is 1.93 bits per heavy atom. The van der Waals surface area contributed by atoms with Crippen LogP contribution in [0.2, 0.25) is 0 Å². The molecule has 0 saturated carbocycles. The lowest BCUT2D eigenvalue weighted by Crippen LogP contribution is -2.41. The average Bonchev–Trinajstić information content (AvgIpc) is 3.21. The van der Waals surface area contributed by atoms with E-state index >= 15 is 0 Å². The van der Waals surface area contributed by atoms with Crippen molar-refractivity contribution in [1.82, 2.24) is 14.9 Å². The van der Waals surface area contributed by atoms with Crippen LogP contribution in [0.3, 0.4) is 0 Å². The third kappa shape index (κ3) is 4.30. The molecule has 2 atom stereocenters. The van der Waals surface area contributed by atoms with Gasteiger partial charge in [-0.05, 0) is 34.1 Å². The number of hydrogen-bond donors (Lipinski definition) is 2. The first-order valence-corrected chi connectivity index (χ1v) is 9.51. The zero-order valence-electron chi connectivity index (χ0n) is 16.8. The fourth-order valence-electron chi connectivity index (χ4n) is 3.15. The van der Waals surface area contributed by atoms with Crippen molar-refractivity contribution in [3.05, 3.63) is 12.4 Å². The molecule has 2 aliphatic heterocycles. The van der Waals surface area contributed by atoms with Crippen LogP contribution in [-0.2, 0) is 14.1 Å². The number of rotatable bonds is 6. The van der Waals surface area contributed by atoms with E-state index in [1.165, 1.54) is 4.90 Å². The van der Waals surface area contributed by atoms with Crippen molar-refractivity contribution in [1.29, 1.82) is 0 Å². The second kappa shape index (κ2) is 7.94. The summed E-state index contributed by atoms with van der Waals surface area (Å²) >= 11 is 0. The van der Waals surface area contributed by atoms with Gasteiger partial charge in [0.2, 0.25) is 0 Å². The summed E-state index contributed by atoms with van der Waals surface area (Å²) in [6.07, 6.45) is 2.67. The molecule has 1 amide bonds. The quantitative estimate of drug-likeness (QED) is 0.614. The molecule has 2 fully saturated rings. The summed E-state index contributed by atoms with van der Waals surface area (Å²) in [7, 11) is -0.522. The van der Waals surface area contributed by atoms with Crippen molar-refractivity contribution in [3.8, 4) is 6.01 Å². The van der Waals surface area contributed by atoms with Gasteiger partial charge in [-0.3, -0.25) is 4.79 Å². The van der Waals surface area contributed by atoms with Crippen LogP contribution in [0.4, 0.5) is 0 Å². The fraction of sp³-hybridized carbons (Fsp3) is 0.722. The van der Waals surface area contributed by atoms with Gasteiger partial charge in [-0.1, -0.05) is 0 Å². The second-order valence-electron chi connectivity index (χ2n) is 8.34. The molecule has 1 aromatic heterocycles. The van der Waals surface area contributed by atoms with Gasteiger partial charge in [-0.2, -0.15) is 0 Å². The summed E-state index contributed by atoms with van der Waals surface area (Å²) in [5.74, 6) is -0.325. The molecule has 3 rings (SSSR count). The SMILES string of the molecule is CC1(C)OB(c2cnc(OC[C@@H]3CCN(C(=O)[C@@H](O)CO)C3)nc2)OC1(C)C. The Kier molecular flexibility index (Phi) is 5.95. The summed E-state index contributed by atoms with van der Waals surface area (Å²) in [5, 5.41) is 18.3. The summed E-state index contributed by atoms with van der Waals surface area (Å²) in [6, 6.07) is 0.250. The number of carbonyl (C=O) groups is 1. The molecular formula is C18H28BN3O6. The number of nitrogens with zero attached hydrogens (tertiary/aromatic N) is 3. The predicted molar refractivity (Wildman–Crippen MR) is 101 cm³/mol. The summed E-state index contributed by atoms with van der Waals surface area (Å²) in [4.78, 5) is 21.9. The predicted octanol–water partition coefficient (Wildman–Crippen LogP) is -0.644. The van der Waals surface area contributed by atoms with Gasteiger partial charge in [-0.15, -0.1) is 0 Å². The molecule has 0 spiro atoms. The number of ether oxygens (including phenoxy) is 1. The topological polar surface area (TPSA) is 114 Å². The monoisotopic (exact) mass is 393 g/mol. The van der Waals surface area contributed by atoms with Crippen LogP contribution >= 0.6 is 0 Å². The number of aliphatic hydroxyl groups excluding tert-OH is 2. The maximum Gasteiger partial charge on any atom is 0.498 e. The number of aliphatic hydroxyl groups is 2. The molecule has 154 valence electrons. The minimum atomic E-state index is -1.36. The van der Waals surface area contributed by atoms with Gasteiger partial charge in [0.25, 0.3) is 5.91 Å². The summed E-state index contributed by atoms with van der Waals surface area (Å²) in [6.45, 7) is 8.75. The number of hydrogen-bond acceptors (Lipinski definition) is 8. The average molecular weight is 393 g/mol. The molecule has 3 heterocycles. The van der Waals surface area contributed by atoms with Crippen LogP contribution in [0.1, 0.15) is 34.1 Å². The van der Waals surface area contributed by atoms with Gasteiger partial charge < -0.3 is 29.2 Å². The van der Waals surface area contributed by atoms with E-state index < -0.39 is 36.9 Å². The highest BCUT2D eigenvalue weighted by Gasteiger charge is 2.52. The third-order valence-corrected chi connectivity index (χ3v) is 5.68. The Balaban J connectivity index is 1.50. The third-order valence-electron chi connectivity index (χ3n) is 5.68. The highest BCUT2D eigenvalue weighted by atomic mass is 16.7. The zero-order valence-corrected chi connectivity index (χ0v) is 16.8. The lowest BCUT2D eigenvalue weighted by Gasteiger charge is -2.32. The van der Waals surface area contributed by atoms with Gasteiger partial charge in [0.1, 0.15) is 0 Å². The first kappa shape index (κ1) is 21.0. The molecule has 1 aromatic rings. The van der Waals surface area contributed by atoms with E-state index in [9.17, 15) is 9.90 Å². The molecule has 2 aliphatic rings. The molecule has 2 saturated heterocycles. The molecule has 10 heteroatoms. The molecule has 0 unspecified atom stereocenters. The number of aromatic nitrogens is 2. The molecule has 9 nitrogen and oxygen atoms in total. The number of amides is 1. The van der Waals surface area contributed by atoms with Crippen molar-refractivity contribution >= 4 is 18.5 Å². The van der Waals surface area contributed by atoms with Gasteiger partial charge in [0.05, 0.1) is 24.4 Å². The molecule has 28 heavy (non-hydrogen) atoms. The zero-order chi connectivity index (χ0) is 20.5. The van der Waals surface area contributed by atoms with E-state index in [-0.39, 0.29) is 11.9 Å². The molecule has 0 radical (unpaired) electrons. The molecule has 0 aromatic carbocycles. The van der Waals surface area contributed by atoms with Crippen LogP contribution in [-0.4, -0.2) is 81.7 Å². The number of carbonyl (C=O) groups excluding carboxylic acids is 1. The van der Waals surface area contributed by atoms with Crippen LogP contribution < -0.4 is 10.2 Å². The van der Waals surface area contributed by atoms with E-state index in [0.29, 0.717) is 19.7 Å². The second-order valence-corrected chi connectivity index (χ2v) is 8.34. The van der Waals surface area contributed by atoms with E-state index in [2.05, 4.69) is 9.97 Å². The minimum Gasteiger partial charge on any atom is -0.463 e. The Morgan fingerprint density at radius 3 is 2.50 bits per heavy atom. The van der Waals surface area contributed by atoms with Crippen molar-refractivity contribution in [2.75, 3.05) is 26.3 Å². The number of likely N-dealkylation sites (tertiary alicyclic amines) is 1. The summed E-state index contributed by atoms with van der Waals surface area (Å²) < 4.78 is 17.6. The van der Waals surface area contributed by atoms with Crippen LogP contribution in [0, 0.1) is 5.92 Å². The molecular weight excluding hydrogens is 365 g/mol. The highest BCUT2D eigenvalue weighted by Crippen LogP contribution is 2.36. The van der Waals surface area contributed by atoms with Crippen LogP contribution in [0.15, 0.2) is 12.4 Å². The summed E-state index contributed by atoms with van der Waals surface area (Å²) in [5.41, 5.74) is -0.133. The smallest absolute Gasteiger partial charge is 0.463 e.